The summed E-state index contributed by atoms with van der Waals surface area (Å²) in [6.07, 6.45) is -0.127. The fourth-order valence-corrected chi connectivity index (χ4v) is 1.92. The molecule has 0 saturated carbocycles. The van der Waals surface area contributed by atoms with E-state index >= 15 is 0 Å². The third-order valence-corrected chi connectivity index (χ3v) is 3.82. The quantitative estimate of drug-likeness (QED) is 0.120. The van der Waals surface area contributed by atoms with Crippen LogP contribution in [0.2, 0.25) is 0 Å². The average molecular weight is 435 g/mol. The molecule has 0 aliphatic heterocycles. The molecule has 0 aliphatic carbocycles. The van der Waals surface area contributed by atoms with E-state index in [1.807, 2.05) is 0 Å². The summed E-state index contributed by atoms with van der Waals surface area (Å²) in [6.45, 7) is 9.85. The predicted octanol–water partition coefficient (Wildman–Crippen LogP) is 0.136. The molecule has 11 heteroatoms. The van der Waals surface area contributed by atoms with Crippen molar-refractivity contribution in [2.45, 2.75) is 27.2 Å². The number of ether oxygens (including phenoxy) is 3. The molecule has 0 heterocycles. The summed E-state index contributed by atoms with van der Waals surface area (Å²) in [6, 6.07) is 0. The van der Waals surface area contributed by atoms with Gasteiger partial charge in [0.05, 0.1) is 12.4 Å². The first-order chi connectivity index (χ1) is 11.8. The molecule has 1 N–H and O–H groups in total. The Bertz CT molecular complexity index is 652. The van der Waals surface area contributed by atoms with E-state index in [4.69, 9.17) is 18.8 Å². The Hall–Kier alpha value is -0.940. The van der Waals surface area contributed by atoms with Crippen molar-refractivity contribution in [2.75, 3.05) is 25.6 Å². The van der Waals surface area contributed by atoms with Crippen molar-refractivity contribution < 1.29 is 41.6 Å². The van der Waals surface area contributed by atoms with E-state index in [1.165, 1.54) is 20.8 Å². The van der Waals surface area contributed by atoms with Gasteiger partial charge in [-0.05, 0) is 27.2 Å². The van der Waals surface area contributed by atoms with E-state index in [0.717, 1.165) is 0 Å². The third-order valence-electron chi connectivity index (χ3n) is 3.01. The first-order valence-corrected chi connectivity index (χ1v) is 9.17. The van der Waals surface area contributed by atoms with Gasteiger partial charge in [0.25, 0.3) is 10.1 Å². The molecule has 0 aromatic heterocycles. The fraction of sp³-hybridized carbons (Fsp3) is 0.562. The number of hydrogen-bond acceptors (Lipinski definition) is 8. The molecule has 0 unspecified atom stereocenters. The maximum atomic E-state index is 12.3. The minimum absolute atomic E-state index is 0. The van der Waals surface area contributed by atoms with Crippen LogP contribution in [-0.2, 0) is 38.7 Å². The molecule has 0 aliphatic rings. The van der Waals surface area contributed by atoms with Gasteiger partial charge in [-0.2, -0.15) is 8.42 Å². The van der Waals surface area contributed by atoms with Crippen LogP contribution >= 0.6 is 0 Å². The number of esters is 3. The molecule has 0 atom stereocenters. The van der Waals surface area contributed by atoms with Gasteiger partial charge in [-0.15, -0.1) is 0 Å². The molecule has 0 spiro atoms. The van der Waals surface area contributed by atoms with Gasteiger partial charge in [0.15, 0.2) is 0 Å². The van der Waals surface area contributed by atoms with E-state index in [-0.39, 0.29) is 61.9 Å². The van der Waals surface area contributed by atoms with E-state index < -0.39 is 52.4 Å². The van der Waals surface area contributed by atoms with Crippen molar-refractivity contribution in [3.63, 3.8) is 0 Å². The number of hydrogen-bond donors (Lipinski definition) is 1. The van der Waals surface area contributed by atoms with Crippen LogP contribution in [0.5, 0.6) is 0 Å². The zero-order chi connectivity index (χ0) is 20.5. The van der Waals surface area contributed by atoms with Crippen LogP contribution in [0, 0.1) is 5.41 Å². The van der Waals surface area contributed by atoms with Crippen LogP contribution in [0.4, 0.5) is 0 Å². The molecule has 0 radical (unpaired) electrons. The van der Waals surface area contributed by atoms with Crippen molar-refractivity contribution >= 4 is 65.8 Å². The second kappa shape index (κ2) is 12.5. The second-order valence-corrected chi connectivity index (χ2v) is 7.62. The van der Waals surface area contributed by atoms with Gasteiger partial charge >= 0.3 is 55.6 Å². The van der Waals surface area contributed by atoms with Gasteiger partial charge in [-0.3, -0.25) is 9.35 Å². The van der Waals surface area contributed by atoms with Crippen molar-refractivity contribution in [3.05, 3.63) is 24.3 Å². The summed E-state index contributed by atoms with van der Waals surface area (Å²) in [5.74, 6) is -2.91. The Morgan fingerprint density at radius 2 is 1.37 bits per heavy atom. The van der Waals surface area contributed by atoms with Gasteiger partial charge in [0, 0.05) is 11.1 Å². The van der Waals surface area contributed by atoms with Gasteiger partial charge < -0.3 is 14.2 Å². The van der Waals surface area contributed by atoms with Crippen molar-refractivity contribution in [3.8, 4) is 0 Å². The first kappa shape index (κ1) is 28.3. The van der Waals surface area contributed by atoms with Crippen LogP contribution < -0.4 is 0 Å². The zero-order valence-corrected chi connectivity index (χ0v) is 15.9. The Labute approximate surface area is 188 Å². The minimum atomic E-state index is -4.17. The summed E-state index contributed by atoms with van der Waals surface area (Å²) < 4.78 is 44.8. The Balaban J connectivity index is 0. The van der Waals surface area contributed by atoms with Crippen LogP contribution in [0.25, 0.3) is 0 Å². The van der Waals surface area contributed by atoms with Crippen molar-refractivity contribution in [1.82, 2.24) is 0 Å². The molecular formula is C16H26CaO9S. The zero-order valence-electron chi connectivity index (χ0n) is 15.1. The standard InChI is InChI=1S/C16H24O9S.Ca.2H/c1-11(2)13(17)24-9-16(5,10-25-14(18)12(3)4)15(19)23-7-6-8-26(20,21)22;;;/h1,3,6-10H2,2,4-5H3,(H,20,21,22);;;. The van der Waals surface area contributed by atoms with Gasteiger partial charge in [0.2, 0.25) is 0 Å². The molecule has 0 saturated heterocycles. The van der Waals surface area contributed by atoms with E-state index in [1.54, 1.807) is 0 Å². The van der Waals surface area contributed by atoms with E-state index in [9.17, 15) is 22.8 Å². The van der Waals surface area contributed by atoms with Crippen LogP contribution in [0.1, 0.15) is 27.2 Å². The molecular weight excluding hydrogens is 408 g/mol. The summed E-state index contributed by atoms with van der Waals surface area (Å²) >= 11 is 0. The fourth-order valence-electron chi connectivity index (χ4n) is 1.44. The number of carbonyl (C=O) groups is 3. The molecule has 27 heavy (non-hydrogen) atoms. The summed E-state index contributed by atoms with van der Waals surface area (Å²) in [5.41, 5.74) is -1.28. The third kappa shape index (κ3) is 12.2. The molecule has 0 amide bonds. The molecule has 9 nitrogen and oxygen atoms in total. The van der Waals surface area contributed by atoms with E-state index in [2.05, 4.69) is 13.2 Å². The normalized spacial score (nSPS) is 11.0. The van der Waals surface area contributed by atoms with Crippen molar-refractivity contribution in [2.24, 2.45) is 5.41 Å². The Kier molecular flexibility index (Phi) is 13.1. The SMILES string of the molecule is C=C(C)C(=O)OCC(C)(COC(=O)C(=C)C)C(=O)OCCCS(=O)(=O)O.[CaH2]. The molecule has 0 fully saturated rings. The Morgan fingerprint density at radius 1 is 0.963 bits per heavy atom. The van der Waals surface area contributed by atoms with Crippen molar-refractivity contribution in [1.29, 1.82) is 0 Å². The number of rotatable bonds is 11. The van der Waals surface area contributed by atoms with E-state index in [0.29, 0.717) is 0 Å². The maximum absolute atomic E-state index is 12.3. The van der Waals surface area contributed by atoms with Crippen LogP contribution in [-0.4, -0.2) is 94.2 Å². The van der Waals surface area contributed by atoms with Gasteiger partial charge in [-0.25, -0.2) is 9.59 Å². The summed E-state index contributed by atoms with van der Waals surface area (Å²) in [7, 11) is -4.17. The molecule has 0 rings (SSSR count). The predicted molar refractivity (Wildman–Crippen MR) is 100 cm³/mol. The molecule has 0 bridgehead atoms. The summed E-state index contributed by atoms with van der Waals surface area (Å²) in [4.78, 5) is 35.4. The van der Waals surface area contributed by atoms with Crippen LogP contribution in [0.15, 0.2) is 24.3 Å². The topological polar surface area (TPSA) is 133 Å². The number of carbonyl (C=O) groups excluding carboxylic acids is 3. The molecule has 152 valence electrons. The Morgan fingerprint density at radius 3 is 1.70 bits per heavy atom. The van der Waals surface area contributed by atoms with Gasteiger partial charge in [-0.1, -0.05) is 13.2 Å². The average Bonchev–Trinajstić information content (AvgIpc) is 2.52. The van der Waals surface area contributed by atoms with Gasteiger partial charge in [0.1, 0.15) is 18.6 Å². The molecule has 0 aromatic carbocycles. The summed E-state index contributed by atoms with van der Waals surface area (Å²) in [5, 5.41) is 0. The van der Waals surface area contributed by atoms with Crippen LogP contribution in [0.3, 0.4) is 0 Å². The first-order valence-electron chi connectivity index (χ1n) is 7.56. The second-order valence-electron chi connectivity index (χ2n) is 6.05. The molecule has 0 aromatic rings. The monoisotopic (exact) mass is 434 g/mol.